The second kappa shape index (κ2) is 3.65. The number of rotatable bonds is 1. The Morgan fingerprint density at radius 1 is 1.20 bits per heavy atom. The highest BCUT2D eigenvalue weighted by Gasteiger charge is 2.08. The minimum absolute atomic E-state index is 0.305. The van der Waals surface area contributed by atoms with E-state index in [-0.39, 0.29) is 5.82 Å². The van der Waals surface area contributed by atoms with Gasteiger partial charge in [-0.2, -0.15) is 0 Å². The van der Waals surface area contributed by atoms with Gasteiger partial charge in [-0.3, -0.25) is 4.98 Å². The van der Waals surface area contributed by atoms with E-state index in [1.54, 1.807) is 6.07 Å². The van der Waals surface area contributed by atoms with Crippen molar-refractivity contribution in [3.63, 3.8) is 0 Å². The average Bonchev–Trinajstić information content (AvgIpc) is 2.23. The van der Waals surface area contributed by atoms with Crippen LogP contribution in [0.3, 0.4) is 0 Å². The number of aryl methyl sites for hydroxylation is 1. The number of benzene rings is 1. The Kier molecular flexibility index (Phi) is 2.33. The van der Waals surface area contributed by atoms with Gasteiger partial charge in [-0.1, -0.05) is 6.07 Å². The van der Waals surface area contributed by atoms with Gasteiger partial charge in [0, 0.05) is 18.0 Å². The molecule has 0 atom stereocenters. The van der Waals surface area contributed by atoms with E-state index in [9.17, 15) is 4.39 Å². The SMILES string of the molecule is Cc1ccc(F)cc1-c1nccnc1N. The number of nitrogens with two attached hydrogens (primary N) is 1. The third-order valence-electron chi connectivity index (χ3n) is 2.18. The minimum Gasteiger partial charge on any atom is -0.382 e. The zero-order chi connectivity index (χ0) is 10.8. The van der Waals surface area contributed by atoms with Gasteiger partial charge in [-0.15, -0.1) is 0 Å². The molecule has 2 N–H and O–H groups in total. The van der Waals surface area contributed by atoms with Crippen LogP contribution in [0.4, 0.5) is 10.2 Å². The molecule has 0 spiro atoms. The minimum atomic E-state index is -0.305. The van der Waals surface area contributed by atoms with Crippen molar-refractivity contribution in [3.8, 4) is 11.3 Å². The van der Waals surface area contributed by atoms with Crippen molar-refractivity contribution in [1.82, 2.24) is 9.97 Å². The van der Waals surface area contributed by atoms with Crippen molar-refractivity contribution in [3.05, 3.63) is 42.0 Å². The number of anilines is 1. The molecule has 2 aromatic rings. The highest BCUT2D eigenvalue weighted by Crippen LogP contribution is 2.25. The highest BCUT2D eigenvalue weighted by molar-refractivity contribution is 5.72. The second-order valence-corrected chi connectivity index (χ2v) is 3.25. The summed E-state index contributed by atoms with van der Waals surface area (Å²) >= 11 is 0. The Balaban J connectivity index is 2.64. The fraction of sp³-hybridized carbons (Fsp3) is 0.0909. The van der Waals surface area contributed by atoms with Crippen LogP contribution < -0.4 is 5.73 Å². The predicted molar refractivity (Wildman–Crippen MR) is 56.6 cm³/mol. The maximum Gasteiger partial charge on any atom is 0.149 e. The van der Waals surface area contributed by atoms with Crippen molar-refractivity contribution in [2.45, 2.75) is 6.92 Å². The van der Waals surface area contributed by atoms with Gasteiger partial charge in [0.05, 0.1) is 0 Å². The van der Waals surface area contributed by atoms with Crippen LogP contribution in [0.5, 0.6) is 0 Å². The molecular formula is C11H10FN3. The van der Waals surface area contributed by atoms with Gasteiger partial charge in [0.2, 0.25) is 0 Å². The second-order valence-electron chi connectivity index (χ2n) is 3.25. The smallest absolute Gasteiger partial charge is 0.149 e. The van der Waals surface area contributed by atoms with Crippen LogP contribution >= 0.6 is 0 Å². The maximum absolute atomic E-state index is 13.1. The summed E-state index contributed by atoms with van der Waals surface area (Å²) in [5, 5.41) is 0. The number of nitrogen functional groups attached to an aromatic ring is 1. The van der Waals surface area contributed by atoms with Gasteiger partial charge in [0.1, 0.15) is 17.3 Å². The lowest BCUT2D eigenvalue weighted by Gasteiger charge is -2.06. The lowest BCUT2D eigenvalue weighted by Crippen LogP contribution is -1.97. The van der Waals surface area contributed by atoms with Crippen LogP contribution in [0.1, 0.15) is 5.56 Å². The molecule has 0 saturated carbocycles. The molecule has 0 unspecified atom stereocenters. The van der Waals surface area contributed by atoms with Crippen molar-refractivity contribution in [2.24, 2.45) is 0 Å². The van der Waals surface area contributed by atoms with Crippen LogP contribution in [0.25, 0.3) is 11.3 Å². The monoisotopic (exact) mass is 203 g/mol. The van der Waals surface area contributed by atoms with E-state index in [0.29, 0.717) is 17.1 Å². The summed E-state index contributed by atoms with van der Waals surface area (Å²) in [6, 6.07) is 4.51. The molecular weight excluding hydrogens is 193 g/mol. The van der Waals surface area contributed by atoms with E-state index in [1.807, 2.05) is 6.92 Å². The molecule has 15 heavy (non-hydrogen) atoms. The maximum atomic E-state index is 13.1. The fourth-order valence-corrected chi connectivity index (χ4v) is 1.41. The fourth-order valence-electron chi connectivity index (χ4n) is 1.41. The zero-order valence-corrected chi connectivity index (χ0v) is 8.24. The molecule has 0 radical (unpaired) electrons. The predicted octanol–water partition coefficient (Wildman–Crippen LogP) is 2.17. The van der Waals surface area contributed by atoms with Gasteiger partial charge in [-0.05, 0) is 24.6 Å². The van der Waals surface area contributed by atoms with Crippen LogP contribution in [0, 0.1) is 12.7 Å². The standard InChI is InChI=1S/C11H10FN3/c1-7-2-3-8(12)6-9(7)10-11(13)15-5-4-14-10/h2-6H,1H3,(H2,13,15). The molecule has 2 rings (SSSR count). The van der Waals surface area contributed by atoms with Crippen molar-refractivity contribution in [2.75, 3.05) is 5.73 Å². The Morgan fingerprint density at radius 3 is 2.67 bits per heavy atom. The normalized spacial score (nSPS) is 10.3. The lowest BCUT2D eigenvalue weighted by atomic mass is 10.1. The Hall–Kier alpha value is -1.97. The summed E-state index contributed by atoms with van der Waals surface area (Å²) in [6.07, 6.45) is 3.05. The summed E-state index contributed by atoms with van der Waals surface area (Å²) in [5.41, 5.74) is 7.80. The molecule has 0 saturated heterocycles. The van der Waals surface area contributed by atoms with Crippen molar-refractivity contribution >= 4 is 5.82 Å². The first kappa shape index (κ1) is 9.58. The molecule has 0 aliphatic rings. The van der Waals surface area contributed by atoms with E-state index in [0.717, 1.165) is 5.56 Å². The molecule has 1 aromatic carbocycles. The number of hydrogen-bond donors (Lipinski definition) is 1. The van der Waals surface area contributed by atoms with Crippen molar-refractivity contribution in [1.29, 1.82) is 0 Å². The van der Waals surface area contributed by atoms with Crippen LogP contribution in [0.2, 0.25) is 0 Å². The van der Waals surface area contributed by atoms with E-state index in [1.165, 1.54) is 24.5 Å². The van der Waals surface area contributed by atoms with Gasteiger partial charge in [-0.25, -0.2) is 9.37 Å². The quantitative estimate of drug-likeness (QED) is 0.772. The Bertz CT molecular complexity index is 497. The molecule has 1 heterocycles. The van der Waals surface area contributed by atoms with E-state index >= 15 is 0 Å². The third-order valence-corrected chi connectivity index (χ3v) is 2.18. The first-order valence-corrected chi connectivity index (χ1v) is 4.51. The first-order valence-electron chi connectivity index (χ1n) is 4.51. The average molecular weight is 203 g/mol. The number of aromatic nitrogens is 2. The summed E-state index contributed by atoms with van der Waals surface area (Å²) < 4.78 is 13.1. The largest absolute Gasteiger partial charge is 0.382 e. The van der Waals surface area contributed by atoms with Crippen molar-refractivity contribution < 1.29 is 4.39 Å². The van der Waals surface area contributed by atoms with E-state index in [4.69, 9.17) is 5.73 Å². The lowest BCUT2D eigenvalue weighted by molar-refractivity contribution is 0.628. The molecule has 1 aromatic heterocycles. The topological polar surface area (TPSA) is 51.8 Å². The van der Waals surface area contributed by atoms with E-state index in [2.05, 4.69) is 9.97 Å². The summed E-state index contributed by atoms with van der Waals surface area (Å²) in [6.45, 7) is 1.88. The van der Waals surface area contributed by atoms with Gasteiger partial charge < -0.3 is 5.73 Å². The van der Waals surface area contributed by atoms with Gasteiger partial charge in [0.15, 0.2) is 0 Å². The summed E-state index contributed by atoms with van der Waals surface area (Å²) in [5.74, 6) is 0.00635. The van der Waals surface area contributed by atoms with Crippen LogP contribution in [-0.2, 0) is 0 Å². The molecule has 76 valence electrons. The molecule has 0 aliphatic heterocycles. The molecule has 4 heteroatoms. The number of halogens is 1. The molecule has 0 aliphatic carbocycles. The third kappa shape index (κ3) is 1.79. The first-order chi connectivity index (χ1) is 7.18. The van der Waals surface area contributed by atoms with E-state index < -0.39 is 0 Å². The zero-order valence-electron chi connectivity index (χ0n) is 8.24. The number of nitrogens with zero attached hydrogens (tertiary/aromatic N) is 2. The molecule has 0 fully saturated rings. The summed E-state index contributed by atoms with van der Waals surface area (Å²) in [7, 11) is 0. The number of hydrogen-bond acceptors (Lipinski definition) is 3. The molecule has 3 nitrogen and oxygen atoms in total. The van der Waals surface area contributed by atoms with Crippen LogP contribution in [-0.4, -0.2) is 9.97 Å². The molecule has 0 amide bonds. The van der Waals surface area contributed by atoms with Gasteiger partial charge in [0.25, 0.3) is 0 Å². The Labute approximate surface area is 86.8 Å². The highest BCUT2D eigenvalue weighted by atomic mass is 19.1. The van der Waals surface area contributed by atoms with Crippen LogP contribution in [0.15, 0.2) is 30.6 Å². The summed E-state index contributed by atoms with van der Waals surface area (Å²) in [4.78, 5) is 8.02. The molecule has 0 bridgehead atoms. The Morgan fingerprint density at radius 2 is 1.93 bits per heavy atom. The van der Waals surface area contributed by atoms with Gasteiger partial charge >= 0.3 is 0 Å².